The van der Waals surface area contributed by atoms with Crippen LogP contribution in [0.4, 0.5) is 5.82 Å². The monoisotopic (exact) mass is 345 g/mol. The molecule has 0 radical (unpaired) electrons. The summed E-state index contributed by atoms with van der Waals surface area (Å²) in [5, 5.41) is 1.92. The van der Waals surface area contributed by atoms with E-state index >= 15 is 0 Å². The SMILES string of the molecule is Bc1ccc2cc(-c3ccccc3Cl)n(Cc3cccc(N)n3)c2c1. The number of rotatable bonds is 3. The van der Waals surface area contributed by atoms with E-state index in [4.69, 9.17) is 17.3 Å². The fraction of sp³-hybridized carbons (Fsp3) is 0.0500. The Morgan fingerprint density at radius 1 is 1.00 bits per heavy atom. The third kappa shape index (κ3) is 3.01. The number of nitrogens with two attached hydrogens (primary N) is 1. The minimum atomic E-state index is 0.532. The Kier molecular flexibility index (Phi) is 3.98. The predicted molar refractivity (Wildman–Crippen MR) is 108 cm³/mol. The summed E-state index contributed by atoms with van der Waals surface area (Å²) in [5.74, 6) is 0.532. The first-order valence-corrected chi connectivity index (χ1v) is 8.56. The number of nitrogens with zero attached hydrogens (tertiary/aromatic N) is 2. The van der Waals surface area contributed by atoms with E-state index in [9.17, 15) is 0 Å². The first kappa shape index (κ1) is 15.8. The summed E-state index contributed by atoms with van der Waals surface area (Å²) >= 11 is 6.47. The van der Waals surface area contributed by atoms with Crippen molar-refractivity contribution in [1.82, 2.24) is 9.55 Å². The van der Waals surface area contributed by atoms with Crippen molar-refractivity contribution in [3.8, 4) is 11.3 Å². The van der Waals surface area contributed by atoms with E-state index in [0.717, 1.165) is 22.0 Å². The molecule has 2 heterocycles. The summed E-state index contributed by atoms with van der Waals surface area (Å²) in [4.78, 5) is 4.46. The Hall–Kier alpha value is -2.72. The zero-order valence-electron chi connectivity index (χ0n) is 13.9. The van der Waals surface area contributed by atoms with E-state index < -0.39 is 0 Å². The molecule has 0 aliphatic carbocycles. The number of fused-ring (bicyclic) bond motifs is 1. The molecular weight excluding hydrogens is 329 g/mol. The van der Waals surface area contributed by atoms with Gasteiger partial charge in [0.2, 0.25) is 0 Å². The van der Waals surface area contributed by atoms with Crippen LogP contribution < -0.4 is 11.2 Å². The summed E-state index contributed by atoms with van der Waals surface area (Å²) in [6.07, 6.45) is 0. The molecule has 2 N–H and O–H groups in total. The van der Waals surface area contributed by atoms with Crippen molar-refractivity contribution in [1.29, 1.82) is 0 Å². The van der Waals surface area contributed by atoms with Crippen molar-refractivity contribution in [2.45, 2.75) is 6.54 Å². The molecule has 0 atom stereocenters. The van der Waals surface area contributed by atoms with Gasteiger partial charge in [-0.15, -0.1) is 0 Å². The van der Waals surface area contributed by atoms with Crippen molar-refractivity contribution in [2.75, 3.05) is 5.73 Å². The Morgan fingerprint density at radius 2 is 1.84 bits per heavy atom. The largest absolute Gasteiger partial charge is 0.384 e. The summed E-state index contributed by atoms with van der Waals surface area (Å²) in [6.45, 7) is 0.637. The van der Waals surface area contributed by atoms with Crippen molar-refractivity contribution < 1.29 is 0 Å². The van der Waals surface area contributed by atoms with Gasteiger partial charge < -0.3 is 10.3 Å². The molecule has 0 aliphatic heterocycles. The maximum absolute atomic E-state index is 6.47. The number of halogens is 1. The molecule has 3 nitrogen and oxygen atoms in total. The van der Waals surface area contributed by atoms with Crippen molar-refractivity contribution >= 4 is 41.6 Å². The second kappa shape index (κ2) is 6.30. The zero-order valence-corrected chi connectivity index (χ0v) is 14.7. The lowest BCUT2D eigenvalue weighted by Crippen LogP contribution is -2.07. The molecule has 0 unspecified atom stereocenters. The Balaban J connectivity index is 1.95. The molecule has 0 bridgehead atoms. The number of pyridine rings is 1. The van der Waals surface area contributed by atoms with Crippen LogP contribution in [-0.2, 0) is 6.54 Å². The molecule has 5 heteroatoms. The van der Waals surface area contributed by atoms with Gasteiger partial charge in [0.1, 0.15) is 13.7 Å². The first-order chi connectivity index (χ1) is 12.1. The number of benzene rings is 2. The van der Waals surface area contributed by atoms with Gasteiger partial charge in [0.15, 0.2) is 0 Å². The summed E-state index contributed by atoms with van der Waals surface area (Å²) < 4.78 is 2.26. The second-order valence-corrected chi connectivity index (χ2v) is 6.62. The summed E-state index contributed by atoms with van der Waals surface area (Å²) in [7, 11) is 2.10. The highest BCUT2D eigenvalue weighted by molar-refractivity contribution is 6.34. The lowest BCUT2D eigenvalue weighted by atomic mass is 9.95. The van der Waals surface area contributed by atoms with Crippen molar-refractivity contribution in [3.05, 3.63) is 77.4 Å². The molecule has 4 aromatic rings. The maximum Gasteiger partial charge on any atom is 0.139 e. The van der Waals surface area contributed by atoms with Crippen LogP contribution in [0.1, 0.15) is 5.69 Å². The highest BCUT2D eigenvalue weighted by Gasteiger charge is 2.14. The molecule has 0 aliphatic rings. The van der Waals surface area contributed by atoms with E-state index in [-0.39, 0.29) is 0 Å². The predicted octanol–water partition coefficient (Wildman–Crippen LogP) is 3.25. The van der Waals surface area contributed by atoms with Gasteiger partial charge in [-0.2, -0.15) is 0 Å². The van der Waals surface area contributed by atoms with Gasteiger partial charge in [-0.05, 0) is 30.3 Å². The van der Waals surface area contributed by atoms with Gasteiger partial charge >= 0.3 is 0 Å². The highest BCUT2D eigenvalue weighted by atomic mass is 35.5. The standard InChI is InChI=1S/C20H17BClN3/c21-14-9-8-13-10-19(16-5-1-2-6-17(16)22)25(18(13)11-14)12-15-4-3-7-20(23)24-15/h1-11H,12,21H2,(H2,23,24). The van der Waals surface area contributed by atoms with Gasteiger partial charge in [-0.3, -0.25) is 0 Å². The minimum absolute atomic E-state index is 0.532. The minimum Gasteiger partial charge on any atom is -0.384 e. The average molecular weight is 346 g/mol. The molecule has 2 aromatic carbocycles. The first-order valence-electron chi connectivity index (χ1n) is 8.18. The highest BCUT2D eigenvalue weighted by Crippen LogP contribution is 2.33. The third-order valence-corrected chi connectivity index (χ3v) is 4.69. The molecule has 0 fully saturated rings. The topological polar surface area (TPSA) is 43.8 Å². The molecule has 0 saturated carbocycles. The lowest BCUT2D eigenvalue weighted by Gasteiger charge is -2.12. The molecule has 4 rings (SSSR count). The molecule has 122 valence electrons. The fourth-order valence-corrected chi connectivity index (χ4v) is 3.41. The van der Waals surface area contributed by atoms with Gasteiger partial charge in [0, 0.05) is 21.5 Å². The van der Waals surface area contributed by atoms with Crippen molar-refractivity contribution in [3.63, 3.8) is 0 Å². The maximum atomic E-state index is 6.47. The number of hydrogen-bond acceptors (Lipinski definition) is 2. The van der Waals surface area contributed by atoms with Crippen LogP contribution in [0.3, 0.4) is 0 Å². The zero-order chi connectivity index (χ0) is 17.4. The summed E-state index contributed by atoms with van der Waals surface area (Å²) in [5.41, 5.74) is 11.3. The number of anilines is 1. The van der Waals surface area contributed by atoms with E-state index in [2.05, 4.69) is 41.7 Å². The van der Waals surface area contributed by atoms with E-state index in [1.54, 1.807) is 6.07 Å². The number of aromatic nitrogens is 2. The van der Waals surface area contributed by atoms with E-state index in [0.29, 0.717) is 12.4 Å². The third-order valence-electron chi connectivity index (χ3n) is 4.36. The average Bonchev–Trinajstić information content (AvgIpc) is 2.93. The molecular formula is C20H17BClN3. The van der Waals surface area contributed by atoms with Crippen LogP contribution in [-0.4, -0.2) is 17.4 Å². The van der Waals surface area contributed by atoms with Gasteiger partial charge in [-0.25, -0.2) is 4.98 Å². The van der Waals surface area contributed by atoms with Crippen LogP contribution in [0.2, 0.25) is 5.02 Å². The van der Waals surface area contributed by atoms with E-state index in [1.165, 1.54) is 16.4 Å². The smallest absolute Gasteiger partial charge is 0.139 e. The summed E-state index contributed by atoms with van der Waals surface area (Å²) in [6, 6.07) is 22.3. The van der Waals surface area contributed by atoms with Gasteiger partial charge in [0.05, 0.1) is 17.9 Å². The Morgan fingerprint density at radius 3 is 2.64 bits per heavy atom. The molecule has 2 aromatic heterocycles. The van der Waals surface area contributed by atoms with Crippen LogP contribution >= 0.6 is 11.6 Å². The quantitative estimate of drug-likeness (QED) is 0.579. The van der Waals surface area contributed by atoms with Gasteiger partial charge in [-0.1, -0.05) is 53.5 Å². The van der Waals surface area contributed by atoms with Crippen LogP contribution in [0.5, 0.6) is 0 Å². The van der Waals surface area contributed by atoms with Crippen LogP contribution in [0.15, 0.2) is 66.7 Å². The normalized spacial score (nSPS) is 11.1. The van der Waals surface area contributed by atoms with Crippen LogP contribution in [0.25, 0.3) is 22.2 Å². The fourth-order valence-electron chi connectivity index (χ4n) is 3.18. The van der Waals surface area contributed by atoms with Crippen molar-refractivity contribution in [2.24, 2.45) is 0 Å². The lowest BCUT2D eigenvalue weighted by molar-refractivity contribution is 0.817. The molecule has 0 saturated heterocycles. The second-order valence-electron chi connectivity index (χ2n) is 6.21. The van der Waals surface area contributed by atoms with E-state index in [1.807, 2.05) is 36.4 Å². The van der Waals surface area contributed by atoms with Crippen LogP contribution in [0, 0.1) is 0 Å². The Labute approximate surface area is 152 Å². The Bertz CT molecular complexity index is 1070. The molecule has 0 amide bonds. The molecule has 25 heavy (non-hydrogen) atoms. The number of hydrogen-bond donors (Lipinski definition) is 1. The number of nitrogen functional groups attached to an aromatic ring is 1. The van der Waals surface area contributed by atoms with Gasteiger partial charge in [0.25, 0.3) is 0 Å². The molecule has 0 spiro atoms.